The summed E-state index contributed by atoms with van der Waals surface area (Å²) in [6, 6.07) is 2.74. The maximum absolute atomic E-state index is 12.9. The highest BCUT2D eigenvalue weighted by atomic mass is 32.2. The van der Waals surface area contributed by atoms with Crippen molar-refractivity contribution in [2.24, 2.45) is 0 Å². The van der Waals surface area contributed by atoms with Gasteiger partial charge in [-0.1, -0.05) is 0 Å². The Balaban J connectivity index is 2.81. The van der Waals surface area contributed by atoms with E-state index in [0.717, 1.165) is 30.7 Å². The molecule has 0 aliphatic rings. The Hall–Kier alpha value is -1.44. The van der Waals surface area contributed by atoms with Crippen molar-refractivity contribution in [1.29, 1.82) is 0 Å². The third kappa shape index (κ3) is 4.92. The van der Waals surface area contributed by atoms with Crippen LogP contribution in [0, 0.1) is 10.1 Å². The molecule has 0 saturated carbocycles. The number of non-ortho nitro benzene ring substituents is 1. The van der Waals surface area contributed by atoms with Gasteiger partial charge in [-0.2, -0.15) is 24.9 Å². The van der Waals surface area contributed by atoms with Gasteiger partial charge in [0.1, 0.15) is 0 Å². The van der Waals surface area contributed by atoms with Gasteiger partial charge < -0.3 is 5.32 Å². The minimum atomic E-state index is -4.62. The molecule has 1 aromatic rings. The van der Waals surface area contributed by atoms with Crippen LogP contribution in [0.3, 0.4) is 0 Å². The molecule has 1 N–H and O–H groups in total. The molecule has 0 fully saturated rings. The number of alkyl halides is 3. The second kappa shape index (κ2) is 7.37. The van der Waals surface area contributed by atoms with Crippen LogP contribution < -0.4 is 5.32 Å². The molecule has 0 aliphatic heterocycles. The molecule has 0 amide bonds. The number of rotatable bonds is 7. The number of benzene rings is 1. The lowest BCUT2D eigenvalue weighted by molar-refractivity contribution is -0.385. The van der Waals surface area contributed by atoms with Crippen LogP contribution in [0.2, 0.25) is 0 Å². The molecule has 4 nitrogen and oxygen atoms in total. The first-order chi connectivity index (χ1) is 9.36. The Kier molecular flexibility index (Phi) is 6.12. The van der Waals surface area contributed by atoms with Crippen molar-refractivity contribution >= 4 is 23.1 Å². The molecule has 1 aromatic carbocycles. The van der Waals surface area contributed by atoms with Gasteiger partial charge in [-0.15, -0.1) is 0 Å². The zero-order chi connectivity index (χ0) is 15.2. The molecule has 20 heavy (non-hydrogen) atoms. The van der Waals surface area contributed by atoms with Gasteiger partial charge >= 0.3 is 6.18 Å². The summed E-state index contributed by atoms with van der Waals surface area (Å²) in [5.74, 6) is 0.952. The van der Waals surface area contributed by atoms with Gasteiger partial charge in [0, 0.05) is 24.4 Å². The topological polar surface area (TPSA) is 55.2 Å². The number of nitrogens with zero attached hydrogens (tertiary/aromatic N) is 1. The van der Waals surface area contributed by atoms with Crippen molar-refractivity contribution in [2.75, 3.05) is 23.9 Å². The number of thioether (sulfide) groups is 1. The predicted octanol–water partition coefficient (Wildman–Crippen LogP) is 4.17. The number of hydrogen-bond acceptors (Lipinski definition) is 4. The average molecular weight is 308 g/mol. The van der Waals surface area contributed by atoms with E-state index in [0.29, 0.717) is 12.6 Å². The van der Waals surface area contributed by atoms with E-state index in [1.165, 1.54) is 0 Å². The summed E-state index contributed by atoms with van der Waals surface area (Å²) in [5, 5.41) is 13.2. The summed E-state index contributed by atoms with van der Waals surface area (Å²) in [7, 11) is 0. The van der Waals surface area contributed by atoms with E-state index in [1.807, 2.05) is 6.26 Å². The van der Waals surface area contributed by atoms with Crippen LogP contribution in [0.15, 0.2) is 18.2 Å². The van der Waals surface area contributed by atoms with Gasteiger partial charge in [0.2, 0.25) is 0 Å². The van der Waals surface area contributed by atoms with Crippen molar-refractivity contribution in [1.82, 2.24) is 0 Å². The highest BCUT2D eigenvalue weighted by molar-refractivity contribution is 7.98. The van der Waals surface area contributed by atoms with E-state index in [2.05, 4.69) is 5.32 Å². The Labute approximate surface area is 118 Å². The first-order valence-corrected chi connectivity index (χ1v) is 7.34. The average Bonchev–Trinajstić information content (AvgIpc) is 2.37. The standard InChI is InChI=1S/C12H15F3N2O2S/c1-20-7-3-2-6-16-11-5-4-9(17(18)19)8-10(11)12(13,14)15/h4-5,8,16H,2-3,6-7H2,1H3. The van der Waals surface area contributed by atoms with E-state index in [4.69, 9.17) is 0 Å². The molecule has 0 spiro atoms. The summed E-state index contributed by atoms with van der Waals surface area (Å²) in [4.78, 5) is 9.70. The molecule has 0 aliphatic carbocycles. The molecular formula is C12H15F3N2O2S. The Bertz CT molecular complexity index is 467. The summed E-state index contributed by atoms with van der Waals surface area (Å²) >= 11 is 1.68. The van der Waals surface area contributed by atoms with E-state index in [-0.39, 0.29) is 5.69 Å². The Morgan fingerprint density at radius 2 is 2.05 bits per heavy atom. The summed E-state index contributed by atoms with van der Waals surface area (Å²) < 4.78 is 38.6. The zero-order valence-electron chi connectivity index (χ0n) is 10.9. The molecular weight excluding hydrogens is 293 g/mol. The maximum atomic E-state index is 12.9. The molecule has 0 unspecified atom stereocenters. The number of anilines is 1. The summed E-state index contributed by atoms with van der Waals surface area (Å²) in [6.07, 6.45) is -1.00. The van der Waals surface area contributed by atoms with E-state index in [1.54, 1.807) is 11.8 Å². The van der Waals surface area contributed by atoms with Crippen molar-refractivity contribution in [3.63, 3.8) is 0 Å². The largest absolute Gasteiger partial charge is 0.418 e. The normalized spacial score (nSPS) is 11.4. The van der Waals surface area contributed by atoms with Gasteiger partial charge in [0.25, 0.3) is 5.69 Å². The minimum absolute atomic E-state index is 0.118. The van der Waals surface area contributed by atoms with Crippen LogP contribution in [0.1, 0.15) is 18.4 Å². The van der Waals surface area contributed by atoms with Gasteiger partial charge in [0.15, 0.2) is 0 Å². The molecule has 1 rings (SSSR count). The molecule has 0 saturated heterocycles. The van der Waals surface area contributed by atoms with Gasteiger partial charge in [-0.3, -0.25) is 10.1 Å². The summed E-state index contributed by atoms with van der Waals surface area (Å²) in [5.41, 5.74) is -1.69. The van der Waals surface area contributed by atoms with Crippen LogP contribution in [0.25, 0.3) is 0 Å². The fourth-order valence-corrected chi connectivity index (χ4v) is 2.12. The fourth-order valence-electron chi connectivity index (χ4n) is 1.63. The highest BCUT2D eigenvalue weighted by Gasteiger charge is 2.35. The van der Waals surface area contributed by atoms with Crippen LogP contribution in [-0.4, -0.2) is 23.5 Å². The van der Waals surface area contributed by atoms with Crippen LogP contribution in [0.5, 0.6) is 0 Å². The second-order valence-corrected chi connectivity index (χ2v) is 5.10. The van der Waals surface area contributed by atoms with Crippen molar-refractivity contribution in [3.05, 3.63) is 33.9 Å². The van der Waals surface area contributed by atoms with E-state index in [9.17, 15) is 23.3 Å². The number of nitro benzene ring substituents is 1. The van der Waals surface area contributed by atoms with Crippen molar-refractivity contribution in [2.45, 2.75) is 19.0 Å². The maximum Gasteiger partial charge on any atom is 0.418 e. The van der Waals surface area contributed by atoms with Crippen molar-refractivity contribution in [3.8, 4) is 0 Å². The predicted molar refractivity (Wildman–Crippen MR) is 74.2 cm³/mol. The number of hydrogen-bond donors (Lipinski definition) is 1. The molecule has 0 bridgehead atoms. The molecule has 0 aromatic heterocycles. The SMILES string of the molecule is CSCCCCNc1ccc([N+](=O)[O-])cc1C(F)(F)F. The lowest BCUT2D eigenvalue weighted by Crippen LogP contribution is -2.12. The van der Waals surface area contributed by atoms with Gasteiger partial charge in [-0.25, -0.2) is 0 Å². The lowest BCUT2D eigenvalue weighted by Gasteiger charge is -2.14. The molecule has 8 heteroatoms. The fraction of sp³-hybridized carbons (Fsp3) is 0.500. The van der Waals surface area contributed by atoms with Crippen LogP contribution >= 0.6 is 11.8 Å². The molecule has 0 heterocycles. The third-order valence-electron chi connectivity index (χ3n) is 2.61. The number of unbranched alkanes of at least 4 members (excludes halogenated alkanes) is 1. The Morgan fingerprint density at radius 1 is 1.35 bits per heavy atom. The van der Waals surface area contributed by atoms with Gasteiger partial charge in [0.05, 0.1) is 10.5 Å². The van der Waals surface area contributed by atoms with Crippen LogP contribution in [-0.2, 0) is 6.18 Å². The Morgan fingerprint density at radius 3 is 2.60 bits per heavy atom. The van der Waals surface area contributed by atoms with Crippen molar-refractivity contribution < 1.29 is 18.1 Å². The number of halogens is 3. The molecule has 112 valence electrons. The van der Waals surface area contributed by atoms with E-state index >= 15 is 0 Å². The first kappa shape index (κ1) is 16.6. The monoisotopic (exact) mass is 308 g/mol. The van der Waals surface area contributed by atoms with Crippen LogP contribution in [0.4, 0.5) is 24.5 Å². The third-order valence-corrected chi connectivity index (χ3v) is 3.31. The lowest BCUT2D eigenvalue weighted by atomic mass is 10.1. The smallest absolute Gasteiger partial charge is 0.385 e. The first-order valence-electron chi connectivity index (χ1n) is 5.94. The van der Waals surface area contributed by atoms with Gasteiger partial charge in [-0.05, 0) is 30.9 Å². The summed E-state index contributed by atoms with van der Waals surface area (Å²) in [6.45, 7) is 0.404. The quantitative estimate of drug-likeness (QED) is 0.466. The second-order valence-electron chi connectivity index (χ2n) is 4.11. The number of nitro groups is 1. The number of nitrogens with one attached hydrogen (secondary N) is 1. The molecule has 0 atom stereocenters. The molecule has 0 radical (unpaired) electrons. The van der Waals surface area contributed by atoms with E-state index < -0.39 is 22.4 Å². The zero-order valence-corrected chi connectivity index (χ0v) is 11.7. The minimum Gasteiger partial charge on any atom is -0.385 e. The highest BCUT2D eigenvalue weighted by Crippen LogP contribution is 2.37.